The lowest BCUT2D eigenvalue weighted by atomic mass is 10.0. The van der Waals surface area contributed by atoms with Crippen molar-refractivity contribution in [3.8, 4) is 5.75 Å². The zero-order valence-electron chi connectivity index (χ0n) is 24.6. The molecular weight excluding hydrogens is 570 g/mol. The number of nitrogens with zero attached hydrogens (tertiary/aromatic N) is 3. The number of ketones is 1. The maximum atomic E-state index is 12.9. The van der Waals surface area contributed by atoms with E-state index in [4.69, 9.17) is 18.9 Å². The largest absolute Gasteiger partial charge is 0.482 e. The predicted molar refractivity (Wildman–Crippen MR) is 157 cm³/mol. The third-order valence-corrected chi connectivity index (χ3v) is 7.85. The quantitative estimate of drug-likeness (QED) is 0.226. The molecule has 2 aromatic rings. The van der Waals surface area contributed by atoms with Gasteiger partial charge in [-0.3, -0.25) is 14.5 Å². The molecule has 0 aromatic heterocycles. The maximum Gasteiger partial charge on any atom is 0.410 e. The van der Waals surface area contributed by atoms with Crippen LogP contribution in [0.4, 0.5) is 4.79 Å². The first kappa shape index (κ1) is 30.7. The summed E-state index contributed by atoms with van der Waals surface area (Å²) in [5.41, 5.74) is 1.62. The molecule has 2 fully saturated rings. The van der Waals surface area contributed by atoms with Crippen LogP contribution < -0.4 is 4.74 Å². The number of ether oxygens (including phenoxy) is 4. The van der Waals surface area contributed by atoms with Crippen molar-refractivity contribution in [3.63, 3.8) is 0 Å². The fourth-order valence-corrected chi connectivity index (χ4v) is 5.48. The van der Waals surface area contributed by atoms with Crippen LogP contribution in [0.3, 0.4) is 0 Å². The van der Waals surface area contributed by atoms with Crippen molar-refractivity contribution >= 4 is 35.5 Å². The van der Waals surface area contributed by atoms with Crippen LogP contribution in [0.25, 0.3) is 5.76 Å². The number of fused-ring (bicyclic) bond motifs is 1. The Morgan fingerprint density at radius 2 is 1.66 bits per heavy atom. The number of amides is 2. The Morgan fingerprint density at radius 3 is 2.36 bits per heavy atom. The summed E-state index contributed by atoms with van der Waals surface area (Å²) in [6.07, 6.45) is 2.56. The van der Waals surface area contributed by atoms with E-state index >= 15 is 0 Å². The van der Waals surface area contributed by atoms with Gasteiger partial charge in [0.1, 0.15) is 18.1 Å². The molecule has 0 aliphatic carbocycles. The van der Waals surface area contributed by atoms with Gasteiger partial charge in [-0.1, -0.05) is 18.2 Å². The highest BCUT2D eigenvalue weighted by molar-refractivity contribution is 6.03. The van der Waals surface area contributed by atoms with Crippen LogP contribution in [0.2, 0.25) is 0 Å². The molecule has 0 N–H and O–H groups in total. The van der Waals surface area contributed by atoms with Crippen molar-refractivity contribution in [2.24, 2.45) is 0 Å². The molecule has 5 rings (SSSR count). The number of piperazine rings is 1. The third-order valence-electron chi connectivity index (χ3n) is 7.85. The minimum Gasteiger partial charge on any atom is -0.482 e. The summed E-state index contributed by atoms with van der Waals surface area (Å²) in [6.45, 7) is 4.06. The highest BCUT2D eigenvalue weighted by Gasteiger charge is 2.33. The first-order chi connectivity index (χ1) is 21.3. The molecule has 3 aliphatic heterocycles. The number of carbonyl (C=O) groups excluding carboxylic acids is 5. The fraction of sp³-hybridized carbons (Fsp3) is 0.406. The summed E-state index contributed by atoms with van der Waals surface area (Å²) in [6, 6.07) is 13.6. The number of rotatable bonds is 10. The van der Waals surface area contributed by atoms with Gasteiger partial charge >= 0.3 is 18.0 Å². The van der Waals surface area contributed by atoms with E-state index in [1.807, 2.05) is 6.07 Å². The van der Waals surface area contributed by atoms with E-state index < -0.39 is 18.0 Å². The molecule has 3 aliphatic rings. The van der Waals surface area contributed by atoms with E-state index in [9.17, 15) is 24.0 Å². The summed E-state index contributed by atoms with van der Waals surface area (Å²) in [4.78, 5) is 67.1. The predicted octanol–water partition coefficient (Wildman–Crippen LogP) is 2.77. The van der Waals surface area contributed by atoms with Gasteiger partial charge in [0.2, 0.25) is 5.91 Å². The molecule has 0 saturated carbocycles. The van der Waals surface area contributed by atoms with Crippen molar-refractivity contribution < 1.29 is 42.9 Å². The Morgan fingerprint density at radius 1 is 0.932 bits per heavy atom. The molecule has 2 amide bonds. The van der Waals surface area contributed by atoms with Gasteiger partial charge in [-0.2, -0.15) is 0 Å². The Labute approximate surface area is 255 Å². The monoisotopic (exact) mass is 605 g/mol. The second kappa shape index (κ2) is 14.2. The maximum absolute atomic E-state index is 12.9. The van der Waals surface area contributed by atoms with E-state index in [1.54, 1.807) is 65.3 Å². The Balaban J connectivity index is 1.02. The average Bonchev–Trinajstić information content (AvgIpc) is 3.36. The number of piperidine rings is 1. The first-order valence-electron chi connectivity index (χ1n) is 14.7. The van der Waals surface area contributed by atoms with E-state index in [2.05, 4.69) is 4.90 Å². The average molecular weight is 606 g/mol. The summed E-state index contributed by atoms with van der Waals surface area (Å²) in [5.74, 6) is -0.345. The smallest absolute Gasteiger partial charge is 0.410 e. The van der Waals surface area contributed by atoms with Gasteiger partial charge in [-0.15, -0.1) is 0 Å². The normalized spacial score (nSPS) is 18.2. The van der Waals surface area contributed by atoms with Crippen molar-refractivity contribution in [1.29, 1.82) is 0 Å². The second-order valence-corrected chi connectivity index (χ2v) is 10.6. The van der Waals surface area contributed by atoms with Gasteiger partial charge in [-0.25, -0.2) is 14.4 Å². The van der Waals surface area contributed by atoms with Crippen molar-refractivity contribution in [3.05, 3.63) is 71.3 Å². The van der Waals surface area contributed by atoms with E-state index in [0.717, 1.165) is 0 Å². The highest BCUT2D eigenvalue weighted by Crippen LogP contribution is 2.29. The second-order valence-electron chi connectivity index (χ2n) is 10.6. The number of benzene rings is 2. The molecule has 0 radical (unpaired) electrons. The van der Waals surface area contributed by atoms with Gasteiger partial charge < -0.3 is 28.7 Å². The molecular formula is C32H35N3O9. The van der Waals surface area contributed by atoms with Crippen molar-refractivity contribution in [1.82, 2.24) is 14.7 Å². The van der Waals surface area contributed by atoms with Gasteiger partial charge in [0.05, 0.1) is 25.3 Å². The third kappa shape index (κ3) is 7.43. The van der Waals surface area contributed by atoms with Crippen molar-refractivity contribution in [2.45, 2.75) is 25.8 Å². The van der Waals surface area contributed by atoms with E-state index in [1.165, 1.54) is 0 Å². The van der Waals surface area contributed by atoms with Crippen LogP contribution in [0, 0.1) is 0 Å². The number of hydrogen-bond acceptors (Lipinski definition) is 10. The molecule has 2 aromatic carbocycles. The number of esters is 2. The Bertz CT molecular complexity index is 1430. The molecule has 232 valence electrons. The van der Waals surface area contributed by atoms with Crippen LogP contribution in [0.15, 0.2) is 54.6 Å². The number of hydrogen-bond donors (Lipinski definition) is 0. The molecule has 0 unspecified atom stereocenters. The Kier molecular flexibility index (Phi) is 9.90. The lowest BCUT2D eigenvalue weighted by Crippen LogP contribution is -2.56. The zero-order valence-corrected chi connectivity index (χ0v) is 24.6. The lowest BCUT2D eigenvalue weighted by molar-refractivity contribution is -0.145. The number of likely N-dealkylation sites (tertiary alicyclic amines) is 1. The molecule has 0 atom stereocenters. The van der Waals surface area contributed by atoms with Crippen LogP contribution in [0.5, 0.6) is 5.75 Å². The van der Waals surface area contributed by atoms with E-state index in [-0.39, 0.29) is 50.6 Å². The first-order valence-corrected chi connectivity index (χ1v) is 14.7. The molecule has 44 heavy (non-hydrogen) atoms. The molecule has 3 heterocycles. The van der Waals surface area contributed by atoms with E-state index in [0.29, 0.717) is 67.2 Å². The SMILES string of the molecule is CCOC(=O)COc1ccc(C(=O)CN2CCN(C3CCN(C(=O)OC/C=C4\OC(=O)c5ccccc54)CC3)CC2=O)cc1. The van der Waals surface area contributed by atoms with Gasteiger partial charge in [0.15, 0.2) is 12.4 Å². The number of Topliss-reactive ketones (excluding diaryl/α,β-unsaturated/α-hetero) is 1. The van der Waals surface area contributed by atoms with Gasteiger partial charge in [0, 0.05) is 43.3 Å². The van der Waals surface area contributed by atoms with Crippen LogP contribution in [-0.2, 0) is 23.8 Å². The topological polar surface area (TPSA) is 132 Å². The molecule has 12 heteroatoms. The molecule has 12 nitrogen and oxygen atoms in total. The summed E-state index contributed by atoms with van der Waals surface area (Å²) >= 11 is 0. The fourth-order valence-electron chi connectivity index (χ4n) is 5.48. The Hall–Kier alpha value is -4.71. The minimum atomic E-state index is -0.468. The molecule has 2 saturated heterocycles. The summed E-state index contributed by atoms with van der Waals surface area (Å²) in [7, 11) is 0. The van der Waals surface area contributed by atoms with Crippen LogP contribution in [-0.4, -0.2) is 110 Å². The number of cyclic esters (lactones) is 1. The van der Waals surface area contributed by atoms with Crippen LogP contribution >= 0.6 is 0 Å². The summed E-state index contributed by atoms with van der Waals surface area (Å²) in [5, 5.41) is 0. The lowest BCUT2D eigenvalue weighted by Gasteiger charge is -2.41. The van der Waals surface area contributed by atoms with Gasteiger partial charge in [-0.05, 0) is 56.2 Å². The number of carbonyl (C=O) groups is 5. The zero-order chi connectivity index (χ0) is 31.1. The minimum absolute atomic E-state index is 0.0130. The highest BCUT2D eigenvalue weighted by atomic mass is 16.6. The van der Waals surface area contributed by atoms with Gasteiger partial charge in [0.25, 0.3) is 0 Å². The summed E-state index contributed by atoms with van der Waals surface area (Å²) < 4.78 is 20.9. The standard InChI is InChI=1S/C32H35N3O9/c1-2-41-30(38)21-43-24-9-7-22(8-10-24)27(36)19-35-17-16-34(20-29(35)37)23-11-14-33(15-12-23)32(40)42-18-13-28-25-5-3-4-6-26(25)31(39)44-28/h3-10,13,23H,2,11-12,14-21H2,1H3/b28-13-. The molecule has 0 bridgehead atoms. The van der Waals surface area contributed by atoms with Crippen LogP contribution in [0.1, 0.15) is 46.0 Å². The molecule has 0 spiro atoms. The van der Waals surface area contributed by atoms with Crippen molar-refractivity contribution in [2.75, 3.05) is 59.1 Å².